The van der Waals surface area contributed by atoms with Gasteiger partial charge in [-0.1, -0.05) is 6.07 Å². The highest BCUT2D eigenvalue weighted by Gasteiger charge is 2.11. The van der Waals surface area contributed by atoms with Crippen LogP contribution in [0.1, 0.15) is 11.1 Å². The molecule has 5 nitrogen and oxygen atoms in total. The summed E-state index contributed by atoms with van der Waals surface area (Å²) >= 11 is 0. The quantitative estimate of drug-likeness (QED) is 0.716. The molecule has 19 heavy (non-hydrogen) atoms. The summed E-state index contributed by atoms with van der Waals surface area (Å²) in [6.45, 7) is 1.86. The second-order valence-electron chi connectivity index (χ2n) is 4.27. The van der Waals surface area contributed by atoms with Crippen LogP contribution in [0, 0.1) is 18.3 Å². The number of rotatable bonds is 1. The number of fused-ring (bicyclic) bond motifs is 1. The number of nitrogens with one attached hydrogen (secondary N) is 1. The van der Waals surface area contributed by atoms with Crippen LogP contribution in [0.2, 0.25) is 0 Å². The predicted octanol–water partition coefficient (Wildman–Crippen LogP) is 1.89. The first-order valence-corrected chi connectivity index (χ1v) is 5.76. The molecule has 0 aliphatic carbocycles. The topological polar surface area (TPSA) is 74.5 Å². The van der Waals surface area contributed by atoms with Crippen molar-refractivity contribution < 1.29 is 0 Å². The van der Waals surface area contributed by atoms with E-state index in [0.717, 1.165) is 11.3 Å². The van der Waals surface area contributed by atoms with Gasteiger partial charge >= 0.3 is 0 Å². The lowest BCUT2D eigenvalue weighted by atomic mass is 10.2. The third-order valence-electron chi connectivity index (χ3n) is 3.03. The van der Waals surface area contributed by atoms with Gasteiger partial charge in [-0.3, -0.25) is 4.79 Å². The van der Waals surface area contributed by atoms with Crippen LogP contribution in [-0.2, 0) is 0 Å². The summed E-state index contributed by atoms with van der Waals surface area (Å²) in [5.41, 5.74) is 2.68. The minimum absolute atomic E-state index is 0.155. The molecule has 0 aliphatic rings. The van der Waals surface area contributed by atoms with Crippen molar-refractivity contribution in [3.8, 4) is 11.8 Å². The van der Waals surface area contributed by atoms with Gasteiger partial charge in [0, 0.05) is 11.9 Å². The fraction of sp³-hybridized carbons (Fsp3) is 0.0714. The summed E-state index contributed by atoms with van der Waals surface area (Å²) in [6.07, 6.45) is 3.23. The highest BCUT2D eigenvalue weighted by Crippen LogP contribution is 2.20. The highest BCUT2D eigenvalue weighted by molar-refractivity contribution is 5.80. The SMILES string of the molecule is Cc1cn(-c2cccc(C#N)c2)c2nc[nH]c(=O)c12. The number of hydrogen-bond donors (Lipinski definition) is 1. The van der Waals surface area contributed by atoms with E-state index in [4.69, 9.17) is 5.26 Å². The first-order valence-electron chi connectivity index (χ1n) is 5.76. The lowest BCUT2D eigenvalue weighted by Gasteiger charge is -2.04. The molecule has 0 atom stereocenters. The van der Waals surface area contributed by atoms with Gasteiger partial charge in [0.15, 0.2) is 5.65 Å². The van der Waals surface area contributed by atoms with E-state index in [1.165, 1.54) is 6.33 Å². The Kier molecular flexibility index (Phi) is 2.43. The van der Waals surface area contributed by atoms with Crippen molar-refractivity contribution in [3.05, 3.63) is 58.3 Å². The maximum Gasteiger partial charge on any atom is 0.260 e. The summed E-state index contributed by atoms with van der Waals surface area (Å²) in [5, 5.41) is 9.52. The van der Waals surface area contributed by atoms with Gasteiger partial charge < -0.3 is 9.55 Å². The van der Waals surface area contributed by atoms with E-state index in [1.54, 1.807) is 12.1 Å². The molecule has 0 saturated heterocycles. The Bertz CT molecular complexity index is 867. The van der Waals surface area contributed by atoms with E-state index >= 15 is 0 Å². The molecule has 0 saturated carbocycles. The number of hydrogen-bond acceptors (Lipinski definition) is 3. The first-order chi connectivity index (χ1) is 9.20. The van der Waals surface area contributed by atoms with Crippen LogP contribution in [0.25, 0.3) is 16.7 Å². The van der Waals surface area contributed by atoms with Crippen molar-refractivity contribution in [1.82, 2.24) is 14.5 Å². The zero-order valence-corrected chi connectivity index (χ0v) is 10.2. The second-order valence-corrected chi connectivity index (χ2v) is 4.27. The smallest absolute Gasteiger partial charge is 0.260 e. The molecule has 1 aromatic carbocycles. The average Bonchev–Trinajstić information content (AvgIpc) is 2.78. The molecule has 5 heteroatoms. The summed E-state index contributed by atoms with van der Waals surface area (Å²) in [6, 6.07) is 9.29. The molecular formula is C14H10N4O. The first kappa shape index (κ1) is 11.2. The van der Waals surface area contributed by atoms with E-state index in [9.17, 15) is 4.79 Å². The van der Waals surface area contributed by atoms with Gasteiger partial charge in [0.05, 0.1) is 23.3 Å². The molecule has 0 radical (unpaired) electrons. The fourth-order valence-corrected chi connectivity index (χ4v) is 2.17. The van der Waals surface area contributed by atoms with Crippen LogP contribution < -0.4 is 5.56 Å². The van der Waals surface area contributed by atoms with Gasteiger partial charge in [-0.25, -0.2) is 4.98 Å². The molecule has 0 bridgehead atoms. The summed E-state index contributed by atoms with van der Waals surface area (Å²) in [7, 11) is 0. The Morgan fingerprint density at radius 1 is 1.42 bits per heavy atom. The fourth-order valence-electron chi connectivity index (χ4n) is 2.17. The monoisotopic (exact) mass is 250 g/mol. The Morgan fingerprint density at radius 3 is 3.05 bits per heavy atom. The molecule has 0 fully saturated rings. The van der Waals surface area contributed by atoms with E-state index in [2.05, 4.69) is 16.0 Å². The zero-order valence-electron chi connectivity index (χ0n) is 10.2. The minimum atomic E-state index is -0.155. The largest absolute Gasteiger partial charge is 0.312 e. The lowest BCUT2D eigenvalue weighted by molar-refractivity contribution is 1.06. The maximum atomic E-state index is 11.8. The van der Waals surface area contributed by atoms with Crippen molar-refractivity contribution in [2.45, 2.75) is 6.92 Å². The molecule has 3 rings (SSSR count). The van der Waals surface area contributed by atoms with Gasteiger partial charge in [0.2, 0.25) is 0 Å². The number of nitrogens with zero attached hydrogens (tertiary/aromatic N) is 3. The van der Waals surface area contributed by atoms with Crippen LogP contribution in [-0.4, -0.2) is 14.5 Å². The molecule has 2 aromatic heterocycles. The number of benzene rings is 1. The van der Waals surface area contributed by atoms with Gasteiger partial charge in [0.1, 0.15) is 0 Å². The van der Waals surface area contributed by atoms with Crippen molar-refractivity contribution in [1.29, 1.82) is 5.26 Å². The third kappa shape index (κ3) is 1.70. The van der Waals surface area contributed by atoms with Crippen molar-refractivity contribution in [3.63, 3.8) is 0 Å². The van der Waals surface area contributed by atoms with E-state index in [-0.39, 0.29) is 5.56 Å². The molecule has 2 heterocycles. The van der Waals surface area contributed by atoms with Crippen LogP contribution in [0.4, 0.5) is 0 Å². The highest BCUT2D eigenvalue weighted by atomic mass is 16.1. The van der Waals surface area contributed by atoms with Gasteiger partial charge in [0.25, 0.3) is 5.56 Å². The molecular weight excluding hydrogens is 240 g/mol. The number of nitriles is 1. The van der Waals surface area contributed by atoms with Gasteiger partial charge in [-0.05, 0) is 30.7 Å². The second kappa shape index (κ2) is 4.10. The van der Waals surface area contributed by atoms with E-state index < -0.39 is 0 Å². The molecule has 92 valence electrons. The molecule has 0 aliphatic heterocycles. The standard InChI is InChI=1S/C14H10N4O/c1-9-7-18(11-4-2-3-10(5-11)6-15)13-12(9)14(19)17-8-16-13/h2-5,7-8H,1H3,(H,16,17,19). The molecule has 0 unspecified atom stereocenters. The number of aryl methyl sites for hydroxylation is 1. The van der Waals surface area contributed by atoms with Crippen LogP contribution in [0.3, 0.4) is 0 Å². The Morgan fingerprint density at radius 2 is 2.26 bits per heavy atom. The zero-order chi connectivity index (χ0) is 13.4. The number of aromatic nitrogens is 3. The third-order valence-corrected chi connectivity index (χ3v) is 3.03. The van der Waals surface area contributed by atoms with Gasteiger partial charge in [-0.2, -0.15) is 5.26 Å². The Balaban J connectivity index is 2.35. The molecule has 0 amide bonds. The Hall–Kier alpha value is -2.87. The van der Waals surface area contributed by atoms with Crippen molar-refractivity contribution >= 4 is 11.0 Å². The molecule has 1 N–H and O–H groups in total. The minimum Gasteiger partial charge on any atom is -0.312 e. The van der Waals surface area contributed by atoms with Crippen molar-refractivity contribution in [2.24, 2.45) is 0 Å². The van der Waals surface area contributed by atoms with Crippen LogP contribution >= 0.6 is 0 Å². The normalized spacial score (nSPS) is 10.5. The summed E-state index contributed by atoms with van der Waals surface area (Å²) in [4.78, 5) is 18.6. The average molecular weight is 250 g/mol. The number of aromatic amines is 1. The lowest BCUT2D eigenvalue weighted by Crippen LogP contribution is -2.07. The maximum absolute atomic E-state index is 11.8. The predicted molar refractivity (Wildman–Crippen MR) is 71.1 cm³/mol. The number of H-pyrrole nitrogens is 1. The molecule has 3 aromatic rings. The van der Waals surface area contributed by atoms with Gasteiger partial charge in [-0.15, -0.1) is 0 Å². The summed E-state index contributed by atoms with van der Waals surface area (Å²) < 4.78 is 1.82. The van der Waals surface area contributed by atoms with Crippen LogP contribution in [0.15, 0.2) is 41.6 Å². The van der Waals surface area contributed by atoms with E-state index in [0.29, 0.717) is 16.6 Å². The van der Waals surface area contributed by atoms with E-state index in [1.807, 2.05) is 29.8 Å². The molecule has 0 spiro atoms. The van der Waals surface area contributed by atoms with Crippen molar-refractivity contribution in [2.75, 3.05) is 0 Å². The summed E-state index contributed by atoms with van der Waals surface area (Å²) in [5.74, 6) is 0. The Labute approximate surface area is 108 Å². The van der Waals surface area contributed by atoms with Crippen LogP contribution in [0.5, 0.6) is 0 Å².